The molecule has 1 aromatic carbocycles. The molecule has 3 nitrogen and oxygen atoms in total. The summed E-state index contributed by atoms with van der Waals surface area (Å²) in [6.07, 6.45) is 4.62. The van der Waals surface area contributed by atoms with E-state index in [0.717, 1.165) is 11.1 Å². The number of rotatable bonds is 5. The second-order valence-corrected chi connectivity index (χ2v) is 3.83. The maximum Gasteiger partial charge on any atom is 0.306 e. The summed E-state index contributed by atoms with van der Waals surface area (Å²) in [5, 5.41) is 1.17. The molecular weight excluding hydrogens is 214 g/mol. The predicted octanol–water partition coefficient (Wildman–Crippen LogP) is 2.83. The number of para-hydroxylation sites is 1. The number of ether oxygens (including phenoxy) is 1. The first-order chi connectivity index (χ1) is 8.31. The minimum atomic E-state index is -0.185. The molecule has 1 aromatic heterocycles. The number of hydrogen-bond donors (Lipinski definition) is 1. The summed E-state index contributed by atoms with van der Waals surface area (Å²) in [6, 6.07) is 8.06. The molecule has 0 spiro atoms. The lowest BCUT2D eigenvalue weighted by atomic mass is 10.1. The lowest BCUT2D eigenvalue weighted by Crippen LogP contribution is -2.05. The monoisotopic (exact) mass is 229 g/mol. The van der Waals surface area contributed by atoms with E-state index in [2.05, 4.69) is 17.6 Å². The molecule has 3 heteroatoms. The van der Waals surface area contributed by atoms with E-state index in [1.807, 2.05) is 24.4 Å². The number of carbonyl (C=O) groups is 1. The van der Waals surface area contributed by atoms with Crippen LogP contribution in [0.25, 0.3) is 10.9 Å². The Labute approximate surface area is 100 Å². The molecule has 1 N–H and O–H groups in total. The van der Waals surface area contributed by atoms with Crippen LogP contribution in [0.3, 0.4) is 0 Å². The van der Waals surface area contributed by atoms with E-state index < -0.39 is 0 Å². The van der Waals surface area contributed by atoms with E-state index in [4.69, 9.17) is 4.74 Å². The first-order valence-electron chi connectivity index (χ1n) is 5.63. The van der Waals surface area contributed by atoms with Gasteiger partial charge in [-0.05, 0) is 18.1 Å². The Morgan fingerprint density at radius 2 is 2.24 bits per heavy atom. The van der Waals surface area contributed by atoms with E-state index in [-0.39, 0.29) is 12.6 Å². The van der Waals surface area contributed by atoms with Crippen LogP contribution in [0.15, 0.2) is 43.1 Å². The van der Waals surface area contributed by atoms with Crippen molar-refractivity contribution in [1.82, 2.24) is 4.98 Å². The van der Waals surface area contributed by atoms with Gasteiger partial charge >= 0.3 is 5.97 Å². The van der Waals surface area contributed by atoms with Gasteiger partial charge in [-0.2, -0.15) is 0 Å². The molecule has 0 saturated carbocycles. The van der Waals surface area contributed by atoms with Gasteiger partial charge in [-0.1, -0.05) is 30.9 Å². The number of H-pyrrole nitrogens is 1. The van der Waals surface area contributed by atoms with Crippen LogP contribution in [0.1, 0.15) is 12.0 Å². The van der Waals surface area contributed by atoms with Crippen molar-refractivity contribution in [2.75, 3.05) is 6.61 Å². The van der Waals surface area contributed by atoms with Crippen molar-refractivity contribution in [2.24, 2.45) is 0 Å². The van der Waals surface area contributed by atoms with Crippen LogP contribution < -0.4 is 0 Å². The Morgan fingerprint density at radius 1 is 1.41 bits per heavy atom. The summed E-state index contributed by atoms with van der Waals surface area (Å²) < 4.78 is 4.93. The number of esters is 1. The van der Waals surface area contributed by atoms with Gasteiger partial charge < -0.3 is 9.72 Å². The molecule has 0 atom stereocenters. The highest BCUT2D eigenvalue weighted by molar-refractivity contribution is 5.83. The van der Waals surface area contributed by atoms with Crippen LogP contribution in [0.5, 0.6) is 0 Å². The predicted molar refractivity (Wildman–Crippen MR) is 67.8 cm³/mol. The van der Waals surface area contributed by atoms with E-state index in [1.165, 1.54) is 5.39 Å². The number of carbonyl (C=O) groups excluding carboxylic acids is 1. The first kappa shape index (κ1) is 11.5. The zero-order valence-corrected chi connectivity index (χ0v) is 9.61. The van der Waals surface area contributed by atoms with Crippen molar-refractivity contribution in [2.45, 2.75) is 12.8 Å². The van der Waals surface area contributed by atoms with Crippen molar-refractivity contribution in [3.05, 3.63) is 48.7 Å². The van der Waals surface area contributed by atoms with Gasteiger partial charge in [0, 0.05) is 23.5 Å². The lowest BCUT2D eigenvalue weighted by molar-refractivity contribution is -0.142. The third kappa shape index (κ3) is 2.75. The van der Waals surface area contributed by atoms with Crippen LogP contribution in [0.2, 0.25) is 0 Å². The molecule has 0 amide bonds. The van der Waals surface area contributed by atoms with Gasteiger partial charge in [0.05, 0.1) is 0 Å². The van der Waals surface area contributed by atoms with Gasteiger partial charge in [0.25, 0.3) is 0 Å². The summed E-state index contributed by atoms with van der Waals surface area (Å²) in [6.45, 7) is 3.79. The van der Waals surface area contributed by atoms with Crippen LogP contribution in [-0.4, -0.2) is 17.6 Å². The zero-order valence-electron chi connectivity index (χ0n) is 9.61. The fraction of sp³-hybridized carbons (Fsp3) is 0.214. The topological polar surface area (TPSA) is 42.1 Å². The normalized spacial score (nSPS) is 10.4. The second-order valence-electron chi connectivity index (χ2n) is 3.83. The van der Waals surface area contributed by atoms with E-state index in [0.29, 0.717) is 12.8 Å². The Balaban J connectivity index is 1.99. The largest absolute Gasteiger partial charge is 0.461 e. The molecule has 1 heterocycles. The van der Waals surface area contributed by atoms with Crippen molar-refractivity contribution in [3.63, 3.8) is 0 Å². The smallest absolute Gasteiger partial charge is 0.306 e. The van der Waals surface area contributed by atoms with E-state index in [9.17, 15) is 4.79 Å². The van der Waals surface area contributed by atoms with Crippen LogP contribution in [0.4, 0.5) is 0 Å². The minimum absolute atomic E-state index is 0.185. The molecule has 0 saturated heterocycles. The highest BCUT2D eigenvalue weighted by atomic mass is 16.5. The summed E-state index contributed by atoms with van der Waals surface area (Å²) in [4.78, 5) is 14.5. The average Bonchev–Trinajstić information content (AvgIpc) is 2.77. The Bertz CT molecular complexity index is 528. The highest BCUT2D eigenvalue weighted by Gasteiger charge is 2.06. The Kier molecular flexibility index (Phi) is 3.60. The molecule has 2 rings (SSSR count). The molecule has 0 aliphatic heterocycles. The van der Waals surface area contributed by atoms with Crippen molar-refractivity contribution in [3.8, 4) is 0 Å². The zero-order chi connectivity index (χ0) is 12.1. The molecule has 17 heavy (non-hydrogen) atoms. The number of benzene rings is 1. The van der Waals surface area contributed by atoms with Crippen LogP contribution >= 0.6 is 0 Å². The number of aromatic nitrogens is 1. The lowest BCUT2D eigenvalue weighted by Gasteiger charge is -2.01. The van der Waals surface area contributed by atoms with Gasteiger partial charge in [-0.3, -0.25) is 4.79 Å². The minimum Gasteiger partial charge on any atom is -0.461 e. The molecule has 0 unspecified atom stereocenters. The Hall–Kier alpha value is -2.03. The SMILES string of the molecule is C=CCOC(=O)CCc1c[nH]c2ccccc12. The Morgan fingerprint density at radius 3 is 3.06 bits per heavy atom. The van der Waals surface area contributed by atoms with Gasteiger partial charge in [-0.15, -0.1) is 0 Å². The summed E-state index contributed by atoms with van der Waals surface area (Å²) in [5.74, 6) is -0.185. The van der Waals surface area contributed by atoms with Gasteiger partial charge in [0.15, 0.2) is 0 Å². The molecule has 0 bridgehead atoms. The van der Waals surface area contributed by atoms with E-state index in [1.54, 1.807) is 6.08 Å². The molecule has 2 aromatic rings. The number of aryl methyl sites for hydroxylation is 1. The molecule has 0 aliphatic carbocycles. The van der Waals surface area contributed by atoms with E-state index >= 15 is 0 Å². The molecular formula is C14H15NO2. The first-order valence-corrected chi connectivity index (χ1v) is 5.63. The molecule has 0 aliphatic rings. The van der Waals surface area contributed by atoms with Gasteiger partial charge in [0.1, 0.15) is 6.61 Å². The number of nitrogens with one attached hydrogen (secondary N) is 1. The maximum atomic E-state index is 11.4. The van der Waals surface area contributed by atoms with Crippen LogP contribution in [-0.2, 0) is 16.0 Å². The van der Waals surface area contributed by atoms with Crippen molar-refractivity contribution in [1.29, 1.82) is 0 Å². The van der Waals surface area contributed by atoms with Crippen molar-refractivity contribution < 1.29 is 9.53 Å². The number of fused-ring (bicyclic) bond motifs is 1. The molecule has 0 fully saturated rings. The number of aromatic amines is 1. The van der Waals surface area contributed by atoms with Crippen LogP contribution in [0, 0.1) is 0 Å². The fourth-order valence-electron chi connectivity index (χ4n) is 1.80. The molecule has 0 radical (unpaired) electrons. The number of hydrogen-bond acceptors (Lipinski definition) is 2. The van der Waals surface area contributed by atoms with Crippen molar-refractivity contribution >= 4 is 16.9 Å². The summed E-state index contributed by atoms with van der Waals surface area (Å²) in [7, 11) is 0. The third-order valence-corrected chi connectivity index (χ3v) is 2.64. The summed E-state index contributed by atoms with van der Waals surface area (Å²) >= 11 is 0. The van der Waals surface area contributed by atoms with Gasteiger partial charge in [0.2, 0.25) is 0 Å². The maximum absolute atomic E-state index is 11.4. The standard InChI is InChI=1S/C14H15NO2/c1-2-9-17-14(16)8-7-11-10-15-13-6-4-3-5-12(11)13/h2-6,10,15H,1,7-9H2. The second kappa shape index (κ2) is 5.34. The molecule has 88 valence electrons. The highest BCUT2D eigenvalue weighted by Crippen LogP contribution is 2.18. The quantitative estimate of drug-likeness (QED) is 0.632. The average molecular weight is 229 g/mol. The summed E-state index contributed by atoms with van der Waals surface area (Å²) in [5.41, 5.74) is 2.25. The van der Waals surface area contributed by atoms with Gasteiger partial charge in [-0.25, -0.2) is 0 Å². The third-order valence-electron chi connectivity index (χ3n) is 2.64. The fourth-order valence-corrected chi connectivity index (χ4v) is 1.80.